The first-order valence-electron chi connectivity index (χ1n) is 4.87. The van der Waals surface area contributed by atoms with Gasteiger partial charge in [-0.1, -0.05) is 20.8 Å². The number of alkyl halides is 3. The molecule has 0 aromatic carbocycles. The average Bonchev–Trinajstić information content (AvgIpc) is 2.13. The molecule has 0 atom stereocenters. The van der Waals surface area contributed by atoms with Gasteiger partial charge in [0.05, 0.1) is 10.6 Å². The number of anilines is 1. The number of hydrogen-bond acceptors (Lipinski definition) is 4. The summed E-state index contributed by atoms with van der Waals surface area (Å²) in [6.07, 6.45) is -4.40. The van der Waals surface area contributed by atoms with Gasteiger partial charge in [-0.3, -0.25) is 0 Å². The molecule has 0 aliphatic heterocycles. The zero-order valence-electron chi connectivity index (χ0n) is 9.72. The summed E-state index contributed by atoms with van der Waals surface area (Å²) in [5, 5.41) is 0.292. The van der Waals surface area contributed by atoms with Crippen LogP contribution in [0.2, 0.25) is 0 Å². The fourth-order valence-electron chi connectivity index (χ4n) is 1.11. The molecule has 1 aromatic rings. The van der Waals surface area contributed by atoms with Gasteiger partial charge in [0.2, 0.25) is 0 Å². The molecule has 0 saturated carbocycles. The van der Waals surface area contributed by atoms with E-state index in [9.17, 15) is 13.2 Å². The first-order valence-corrected chi connectivity index (χ1v) is 5.68. The van der Waals surface area contributed by atoms with Gasteiger partial charge in [0, 0.05) is 4.75 Å². The molecule has 0 amide bonds. The summed E-state index contributed by atoms with van der Waals surface area (Å²) >= 11 is 1.25. The quantitative estimate of drug-likeness (QED) is 0.489. The molecule has 7 heteroatoms. The number of thioether (sulfide) groups is 1. The molecule has 1 aromatic heterocycles. The van der Waals surface area contributed by atoms with Crippen molar-refractivity contribution < 1.29 is 13.2 Å². The highest BCUT2D eigenvalue weighted by molar-refractivity contribution is 8.00. The monoisotopic (exact) mass is 265 g/mol. The number of hydrazine groups is 1. The van der Waals surface area contributed by atoms with Crippen molar-refractivity contribution in [2.24, 2.45) is 5.84 Å². The van der Waals surface area contributed by atoms with Gasteiger partial charge in [-0.05, 0) is 12.1 Å². The number of nitrogens with two attached hydrogens (primary N) is 1. The van der Waals surface area contributed by atoms with Crippen LogP contribution in [0.3, 0.4) is 0 Å². The minimum absolute atomic E-state index is 0.00609. The second kappa shape index (κ2) is 4.73. The van der Waals surface area contributed by atoms with E-state index in [-0.39, 0.29) is 10.6 Å². The normalized spacial score (nSPS) is 12.6. The molecular formula is C10H14F3N3S. The number of nitrogens with one attached hydrogen (secondary N) is 1. The van der Waals surface area contributed by atoms with E-state index in [1.54, 1.807) is 0 Å². The lowest BCUT2D eigenvalue weighted by Gasteiger charge is -2.18. The summed E-state index contributed by atoms with van der Waals surface area (Å²) in [5.41, 5.74) is 1.38. The molecule has 3 nitrogen and oxygen atoms in total. The van der Waals surface area contributed by atoms with Crippen LogP contribution in [0.4, 0.5) is 19.0 Å². The van der Waals surface area contributed by atoms with Crippen molar-refractivity contribution in [3.05, 3.63) is 17.7 Å². The average molecular weight is 265 g/mol. The Morgan fingerprint density at radius 2 is 1.82 bits per heavy atom. The SMILES string of the molecule is CC(C)(C)Sc1cc(C(F)(F)F)cc(NN)n1. The Morgan fingerprint density at radius 1 is 1.24 bits per heavy atom. The largest absolute Gasteiger partial charge is 0.416 e. The Bertz CT molecular complexity index is 399. The smallest absolute Gasteiger partial charge is 0.308 e. The van der Waals surface area contributed by atoms with Crippen LogP contribution < -0.4 is 11.3 Å². The van der Waals surface area contributed by atoms with Crippen molar-refractivity contribution in [3.8, 4) is 0 Å². The van der Waals surface area contributed by atoms with Gasteiger partial charge in [0.25, 0.3) is 0 Å². The standard InChI is InChI=1S/C10H14F3N3S/c1-9(2,3)17-8-5-6(10(11,12)13)4-7(15-8)16-14/h4-5H,14H2,1-3H3,(H,15,16). The van der Waals surface area contributed by atoms with Crippen LogP contribution >= 0.6 is 11.8 Å². The van der Waals surface area contributed by atoms with E-state index >= 15 is 0 Å². The molecule has 3 N–H and O–H groups in total. The Balaban J connectivity index is 3.15. The van der Waals surface area contributed by atoms with Crippen LogP contribution in [-0.4, -0.2) is 9.73 Å². The van der Waals surface area contributed by atoms with Gasteiger partial charge >= 0.3 is 6.18 Å². The second-order valence-electron chi connectivity index (χ2n) is 4.44. The molecule has 0 bridgehead atoms. The van der Waals surface area contributed by atoms with Crippen LogP contribution in [0.5, 0.6) is 0 Å². The molecule has 1 rings (SSSR count). The van der Waals surface area contributed by atoms with Gasteiger partial charge in [-0.2, -0.15) is 13.2 Å². The van der Waals surface area contributed by atoms with E-state index in [4.69, 9.17) is 5.84 Å². The van der Waals surface area contributed by atoms with Gasteiger partial charge in [0.15, 0.2) is 0 Å². The number of hydrogen-bond donors (Lipinski definition) is 2. The molecule has 0 radical (unpaired) electrons. The molecule has 0 aliphatic carbocycles. The molecule has 0 spiro atoms. The molecule has 96 valence electrons. The Kier molecular flexibility index (Phi) is 3.93. The van der Waals surface area contributed by atoms with E-state index in [2.05, 4.69) is 10.4 Å². The predicted molar refractivity (Wildman–Crippen MR) is 62.7 cm³/mol. The highest BCUT2D eigenvalue weighted by atomic mass is 32.2. The molecule has 0 saturated heterocycles. The summed E-state index contributed by atoms with van der Waals surface area (Å²) in [7, 11) is 0. The summed E-state index contributed by atoms with van der Waals surface area (Å²) in [5.74, 6) is 5.11. The van der Waals surface area contributed by atoms with Crippen molar-refractivity contribution in [2.75, 3.05) is 5.43 Å². The second-order valence-corrected chi connectivity index (χ2v) is 6.28. The van der Waals surface area contributed by atoms with Gasteiger partial charge < -0.3 is 5.43 Å². The third-order valence-electron chi connectivity index (χ3n) is 1.69. The van der Waals surface area contributed by atoms with Gasteiger partial charge in [-0.25, -0.2) is 10.8 Å². The topological polar surface area (TPSA) is 50.9 Å². The fraction of sp³-hybridized carbons (Fsp3) is 0.500. The molecule has 0 aliphatic rings. The number of aromatic nitrogens is 1. The van der Waals surface area contributed by atoms with E-state index in [0.717, 1.165) is 12.1 Å². The fourth-order valence-corrected chi connectivity index (χ4v) is 2.07. The van der Waals surface area contributed by atoms with Crippen LogP contribution in [-0.2, 0) is 6.18 Å². The maximum absolute atomic E-state index is 12.6. The zero-order valence-corrected chi connectivity index (χ0v) is 10.5. The molecule has 17 heavy (non-hydrogen) atoms. The number of pyridine rings is 1. The highest BCUT2D eigenvalue weighted by Crippen LogP contribution is 2.36. The van der Waals surface area contributed by atoms with Crippen molar-refractivity contribution in [1.29, 1.82) is 0 Å². The summed E-state index contributed by atoms with van der Waals surface area (Å²) in [6, 6.07) is 1.91. The van der Waals surface area contributed by atoms with E-state index in [1.807, 2.05) is 20.8 Å². The van der Waals surface area contributed by atoms with Crippen LogP contribution in [0.25, 0.3) is 0 Å². The lowest BCUT2D eigenvalue weighted by Crippen LogP contribution is -2.14. The molecule has 1 heterocycles. The summed E-state index contributed by atoms with van der Waals surface area (Å²) in [6.45, 7) is 5.69. The summed E-state index contributed by atoms with van der Waals surface area (Å²) < 4.78 is 37.6. The molecule has 0 unspecified atom stereocenters. The van der Waals surface area contributed by atoms with Crippen molar-refractivity contribution in [1.82, 2.24) is 4.98 Å². The first-order chi connectivity index (χ1) is 7.62. The minimum Gasteiger partial charge on any atom is -0.308 e. The van der Waals surface area contributed by atoms with E-state index in [0.29, 0.717) is 5.03 Å². The lowest BCUT2D eigenvalue weighted by atomic mass is 10.2. The van der Waals surface area contributed by atoms with Crippen molar-refractivity contribution in [3.63, 3.8) is 0 Å². The van der Waals surface area contributed by atoms with Crippen LogP contribution in [0, 0.1) is 0 Å². The zero-order chi connectivity index (χ0) is 13.3. The third kappa shape index (κ3) is 4.43. The highest BCUT2D eigenvalue weighted by Gasteiger charge is 2.32. The number of nitrogens with zero attached hydrogens (tertiary/aromatic N) is 1. The maximum Gasteiger partial charge on any atom is 0.416 e. The van der Waals surface area contributed by atoms with Gasteiger partial charge in [-0.15, -0.1) is 11.8 Å². The molecule has 0 fully saturated rings. The van der Waals surface area contributed by atoms with Crippen LogP contribution in [0.1, 0.15) is 26.3 Å². The first kappa shape index (κ1) is 14.1. The minimum atomic E-state index is -4.40. The molecular weight excluding hydrogens is 251 g/mol. The van der Waals surface area contributed by atoms with Gasteiger partial charge in [0.1, 0.15) is 5.82 Å². The number of rotatable bonds is 2. The number of halogens is 3. The lowest BCUT2D eigenvalue weighted by molar-refractivity contribution is -0.137. The number of nitrogen functional groups attached to an aromatic ring is 1. The van der Waals surface area contributed by atoms with E-state index < -0.39 is 11.7 Å². The van der Waals surface area contributed by atoms with Crippen LogP contribution in [0.15, 0.2) is 17.2 Å². The Morgan fingerprint density at radius 3 is 2.24 bits per heavy atom. The van der Waals surface area contributed by atoms with Crippen molar-refractivity contribution in [2.45, 2.75) is 36.7 Å². The van der Waals surface area contributed by atoms with E-state index in [1.165, 1.54) is 11.8 Å². The Hall–Kier alpha value is -0.950. The maximum atomic E-state index is 12.6. The third-order valence-corrected chi connectivity index (χ3v) is 2.72. The predicted octanol–water partition coefficient (Wildman–Crippen LogP) is 3.28. The van der Waals surface area contributed by atoms with Crippen molar-refractivity contribution >= 4 is 17.6 Å². The Labute approximate surface area is 102 Å². The summed E-state index contributed by atoms with van der Waals surface area (Å²) in [4.78, 5) is 3.98.